The number of halogens is 1. The predicted molar refractivity (Wildman–Crippen MR) is 86.5 cm³/mol. The van der Waals surface area contributed by atoms with Crippen molar-refractivity contribution in [3.8, 4) is 0 Å². The highest BCUT2D eigenvalue weighted by Crippen LogP contribution is 2.21. The summed E-state index contributed by atoms with van der Waals surface area (Å²) in [5.74, 6) is -0.127. The molecular formula is C15H13ClN3OS+. The van der Waals surface area contributed by atoms with E-state index in [1.54, 1.807) is 24.3 Å². The Kier molecular flexibility index (Phi) is 3.77. The standard InChI is InChI=1S/C15H12ClN3OS/c16-10-5-7-11(8-6-10)18-14(20)9-19-12-3-1-2-4-13(12)21-15(19)17/h1-8,17H,9H2,(H,18,20)/p+1. The van der Waals surface area contributed by atoms with Crippen molar-refractivity contribution in [2.45, 2.75) is 6.54 Å². The molecular weight excluding hydrogens is 306 g/mol. The zero-order valence-corrected chi connectivity index (χ0v) is 12.6. The number of hydrogen-bond donors (Lipinski definition) is 2. The van der Waals surface area contributed by atoms with E-state index in [1.807, 2.05) is 28.8 Å². The van der Waals surface area contributed by atoms with E-state index in [0.717, 1.165) is 10.2 Å². The molecule has 0 fully saturated rings. The van der Waals surface area contributed by atoms with Gasteiger partial charge in [-0.2, -0.15) is 0 Å². The summed E-state index contributed by atoms with van der Waals surface area (Å²) in [7, 11) is 0. The number of nitrogens with two attached hydrogens (primary N) is 1. The minimum atomic E-state index is -0.127. The molecule has 0 aliphatic heterocycles. The molecule has 106 valence electrons. The third kappa shape index (κ3) is 2.99. The topological polar surface area (TPSA) is 59.0 Å². The van der Waals surface area contributed by atoms with Gasteiger partial charge >= 0.3 is 5.13 Å². The van der Waals surface area contributed by atoms with Gasteiger partial charge in [-0.1, -0.05) is 23.7 Å². The highest BCUT2D eigenvalue weighted by Gasteiger charge is 2.17. The number of fused-ring (bicyclic) bond motifs is 1. The SMILES string of the molecule is Nc1sc2ccccc2[n+]1CC(=O)Nc1ccc(Cl)cc1. The smallest absolute Gasteiger partial charge is 0.323 e. The molecule has 0 aliphatic rings. The molecule has 0 aliphatic carbocycles. The molecule has 2 aromatic carbocycles. The second-order valence-corrected chi connectivity index (χ2v) is 6.05. The van der Waals surface area contributed by atoms with Crippen molar-refractivity contribution in [1.29, 1.82) is 0 Å². The van der Waals surface area contributed by atoms with Gasteiger partial charge in [-0.3, -0.25) is 10.5 Å². The molecule has 3 N–H and O–H groups in total. The van der Waals surface area contributed by atoms with Gasteiger partial charge in [0.05, 0.1) is 4.70 Å². The lowest BCUT2D eigenvalue weighted by Gasteiger charge is -2.04. The van der Waals surface area contributed by atoms with Crippen LogP contribution in [0.2, 0.25) is 5.02 Å². The lowest BCUT2D eigenvalue weighted by molar-refractivity contribution is -0.639. The molecule has 3 aromatic rings. The highest BCUT2D eigenvalue weighted by atomic mass is 35.5. The van der Waals surface area contributed by atoms with E-state index in [0.29, 0.717) is 15.8 Å². The number of thiazole rings is 1. The van der Waals surface area contributed by atoms with Crippen LogP contribution in [0.5, 0.6) is 0 Å². The molecule has 1 amide bonds. The molecule has 3 rings (SSSR count). The maximum absolute atomic E-state index is 12.1. The van der Waals surface area contributed by atoms with E-state index in [2.05, 4.69) is 5.32 Å². The Bertz CT molecular complexity index is 798. The van der Waals surface area contributed by atoms with Crippen molar-refractivity contribution in [2.24, 2.45) is 0 Å². The van der Waals surface area contributed by atoms with Crippen molar-refractivity contribution < 1.29 is 9.36 Å². The second kappa shape index (κ2) is 5.71. The number of aromatic nitrogens is 1. The van der Waals surface area contributed by atoms with Crippen molar-refractivity contribution in [3.05, 3.63) is 53.6 Å². The average Bonchev–Trinajstić information content (AvgIpc) is 2.78. The van der Waals surface area contributed by atoms with Crippen LogP contribution in [0, 0.1) is 0 Å². The van der Waals surface area contributed by atoms with Crippen molar-refractivity contribution in [2.75, 3.05) is 11.1 Å². The number of nitrogens with zero attached hydrogens (tertiary/aromatic N) is 1. The Morgan fingerprint density at radius 3 is 2.67 bits per heavy atom. The van der Waals surface area contributed by atoms with Crippen LogP contribution in [-0.4, -0.2) is 5.91 Å². The Labute approximate surface area is 130 Å². The molecule has 1 aromatic heterocycles. The minimum absolute atomic E-state index is 0.127. The highest BCUT2D eigenvalue weighted by molar-refractivity contribution is 7.21. The fraction of sp³-hybridized carbons (Fsp3) is 0.0667. The summed E-state index contributed by atoms with van der Waals surface area (Å²) in [6, 6.07) is 14.8. The average molecular weight is 319 g/mol. The molecule has 4 nitrogen and oxygen atoms in total. The number of hydrogen-bond acceptors (Lipinski definition) is 3. The quantitative estimate of drug-likeness (QED) is 0.729. The van der Waals surface area contributed by atoms with Gasteiger partial charge in [0.25, 0.3) is 5.91 Å². The Hall–Kier alpha value is -2.11. The number of rotatable bonds is 3. The van der Waals surface area contributed by atoms with Crippen LogP contribution >= 0.6 is 22.9 Å². The van der Waals surface area contributed by atoms with E-state index in [1.165, 1.54) is 11.3 Å². The Morgan fingerprint density at radius 1 is 1.19 bits per heavy atom. The minimum Gasteiger partial charge on any atom is -0.323 e. The fourth-order valence-electron chi connectivity index (χ4n) is 2.09. The number of carbonyl (C=O) groups is 1. The number of para-hydroxylation sites is 1. The lowest BCUT2D eigenvalue weighted by atomic mass is 10.3. The molecule has 0 unspecified atom stereocenters. The summed E-state index contributed by atoms with van der Waals surface area (Å²) in [5, 5.41) is 4.08. The summed E-state index contributed by atoms with van der Waals surface area (Å²) in [4.78, 5) is 12.1. The van der Waals surface area contributed by atoms with Crippen LogP contribution in [0.25, 0.3) is 10.2 Å². The van der Waals surface area contributed by atoms with Crippen LogP contribution in [0.3, 0.4) is 0 Å². The second-order valence-electron chi connectivity index (χ2n) is 4.55. The monoisotopic (exact) mass is 318 g/mol. The Balaban J connectivity index is 1.80. The molecule has 0 atom stereocenters. The zero-order valence-electron chi connectivity index (χ0n) is 11.0. The van der Waals surface area contributed by atoms with Crippen LogP contribution in [0.4, 0.5) is 10.8 Å². The number of carbonyl (C=O) groups excluding carboxylic acids is 1. The van der Waals surface area contributed by atoms with Gasteiger partial charge in [0.2, 0.25) is 0 Å². The molecule has 0 bridgehead atoms. The number of anilines is 2. The van der Waals surface area contributed by atoms with Crippen molar-refractivity contribution >= 4 is 49.9 Å². The summed E-state index contributed by atoms with van der Waals surface area (Å²) < 4.78 is 2.87. The first-order valence-electron chi connectivity index (χ1n) is 6.36. The lowest BCUT2D eigenvalue weighted by Crippen LogP contribution is -2.41. The molecule has 0 saturated carbocycles. The van der Waals surface area contributed by atoms with E-state index in [9.17, 15) is 4.79 Å². The maximum atomic E-state index is 12.1. The molecule has 0 spiro atoms. The molecule has 0 radical (unpaired) electrons. The third-order valence-electron chi connectivity index (χ3n) is 3.07. The van der Waals surface area contributed by atoms with Gasteiger partial charge in [-0.25, -0.2) is 4.57 Å². The van der Waals surface area contributed by atoms with Gasteiger partial charge in [0.1, 0.15) is 5.52 Å². The molecule has 6 heteroatoms. The molecule has 0 saturated heterocycles. The first kappa shape index (κ1) is 13.9. The molecule has 21 heavy (non-hydrogen) atoms. The van der Waals surface area contributed by atoms with Crippen LogP contribution in [0.1, 0.15) is 0 Å². The largest absolute Gasteiger partial charge is 0.333 e. The zero-order chi connectivity index (χ0) is 14.8. The van der Waals surface area contributed by atoms with Crippen LogP contribution < -0.4 is 15.6 Å². The number of nitrogens with one attached hydrogen (secondary N) is 1. The maximum Gasteiger partial charge on any atom is 0.333 e. The predicted octanol–water partition coefficient (Wildman–Crippen LogP) is 3.06. The number of benzene rings is 2. The van der Waals surface area contributed by atoms with Crippen molar-refractivity contribution in [3.63, 3.8) is 0 Å². The third-order valence-corrected chi connectivity index (χ3v) is 4.31. The van der Waals surface area contributed by atoms with E-state index in [4.69, 9.17) is 17.3 Å². The molecule has 1 heterocycles. The van der Waals surface area contributed by atoms with Gasteiger partial charge in [-0.15, -0.1) is 0 Å². The Morgan fingerprint density at radius 2 is 1.90 bits per heavy atom. The first-order chi connectivity index (χ1) is 10.1. The first-order valence-corrected chi connectivity index (χ1v) is 7.55. The fourth-order valence-corrected chi connectivity index (χ4v) is 3.15. The van der Waals surface area contributed by atoms with Gasteiger partial charge < -0.3 is 5.32 Å². The summed E-state index contributed by atoms with van der Waals surface area (Å²) in [6.45, 7) is 0.179. The van der Waals surface area contributed by atoms with Gasteiger partial charge in [0, 0.05) is 10.7 Å². The summed E-state index contributed by atoms with van der Waals surface area (Å²) in [6.07, 6.45) is 0. The summed E-state index contributed by atoms with van der Waals surface area (Å²) in [5.41, 5.74) is 7.67. The van der Waals surface area contributed by atoms with E-state index >= 15 is 0 Å². The number of nitrogen functional groups attached to an aromatic ring is 1. The number of amides is 1. The summed E-state index contributed by atoms with van der Waals surface area (Å²) >= 11 is 7.29. The van der Waals surface area contributed by atoms with Gasteiger partial charge in [0.15, 0.2) is 6.54 Å². The van der Waals surface area contributed by atoms with E-state index in [-0.39, 0.29) is 12.5 Å². The van der Waals surface area contributed by atoms with Crippen LogP contribution in [-0.2, 0) is 11.3 Å². The normalized spacial score (nSPS) is 10.7. The van der Waals surface area contributed by atoms with Gasteiger partial charge in [-0.05, 0) is 47.7 Å². The van der Waals surface area contributed by atoms with E-state index < -0.39 is 0 Å². The van der Waals surface area contributed by atoms with Crippen molar-refractivity contribution in [1.82, 2.24) is 0 Å². The van der Waals surface area contributed by atoms with Crippen LogP contribution in [0.15, 0.2) is 48.5 Å².